The van der Waals surface area contributed by atoms with Crippen LogP contribution in [0.2, 0.25) is 0 Å². The third kappa shape index (κ3) is 15.2. The quantitative estimate of drug-likeness (QED) is 0.480. The Morgan fingerprint density at radius 2 is 1.73 bits per heavy atom. The topological polar surface area (TPSA) is 80.6 Å². The Kier molecular flexibility index (Phi) is 18.1. The van der Waals surface area contributed by atoms with E-state index < -0.39 is 6.17 Å². The molecule has 0 heterocycles. The van der Waals surface area contributed by atoms with Crippen molar-refractivity contribution in [2.75, 3.05) is 46.1 Å². The van der Waals surface area contributed by atoms with Gasteiger partial charge in [0.15, 0.2) is 0 Å². The molecule has 129 valence electrons. The molecule has 0 aliphatic heterocycles. The number of hydrogen-bond acceptors (Lipinski definition) is 4. The maximum atomic E-state index is 13.4. The monoisotopic (exact) mass is 396 g/mol. The second-order valence-electron chi connectivity index (χ2n) is 5.07. The Bertz CT molecular complexity index is 273. The van der Waals surface area contributed by atoms with Crippen LogP contribution in [0.4, 0.5) is 4.39 Å². The van der Waals surface area contributed by atoms with Crippen molar-refractivity contribution in [1.29, 1.82) is 0 Å². The van der Waals surface area contributed by atoms with Crippen LogP contribution in [0.25, 0.3) is 5.73 Å². The van der Waals surface area contributed by atoms with Crippen molar-refractivity contribution in [3.63, 3.8) is 0 Å². The van der Waals surface area contributed by atoms with E-state index in [2.05, 4.69) is 5.32 Å². The van der Waals surface area contributed by atoms with Gasteiger partial charge in [0, 0.05) is 44.7 Å². The van der Waals surface area contributed by atoms with E-state index in [-0.39, 0.29) is 70.3 Å². The van der Waals surface area contributed by atoms with Crippen LogP contribution in [0.15, 0.2) is 0 Å². The molecule has 0 aromatic heterocycles. The summed E-state index contributed by atoms with van der Waals surface area (Å²) in [5.74, 6) is -0.311. The van der Waals surface area contributed by atoms with Gasteiger partial charge < -0.3 is 25.3 Å². The summed E-state index contributed by atoms with van der Waals surface area (Å²) in [6.45, 7) is 7.00. The number of nitrogens with one attached hydrogen (secondary N) is 2. The van der Waals surface area contributed by atoms with E-state index in [0.717, 1.165) is 0 Å². The molecule has 0 aromatic rings. The summed E-state index contributed by atoms with van der Waals surface area (Å²) in [7, 11) is 0. The maximum Gasteiger partial charge on any atom is 0.222 e. The minimum Gasteiger partial charge on any atom is -0.675 e. The summed E-state index contributed by atoms with van der Waals surface area (Å²) in [4.78, 5) is 11.2. The molecule has 0 spiro atoms. The van der Waals surface area contributed by atoms with Crippen LogP contribution in [-0.4, -0.2) is 64.3 Å². The summed E-state index contributed by atoms with van der Waals surface area (Å²) in [5, 5.41) is 2.51. The number of amides is 1. The molecule has 0 aliphatic rings. The normalized spacial score (nSPS) is 13.5. The van der Waals surface area contributed by atoms with Crippen LogP contribution >= 0.6 is 0 Å². The summed E-state index contributed by atoms with van der Waals surface area (Å²) < 4.78 is 29.0. The van der Waals surface area contributed by atoms with Crippen molar-refractivity contribution in [1.82, 2.24) is 5.32 Å². The number of carbonyl (C=O) groups is 1. The van der Waals surface area contributed by atoms with E-state index in [4.69, 9.17) is 19.9 Å². The van der Waals surface area contributed by atoms with Crippen molar-refractivity contribution in [3.8, 4) is 0 Å². The first kappa shape index (κ1) is 24.6. The molecular formula is C14H28FN2O4Y-. The Balaban J connectivity index is 0. The molecule has 0 rings (SSSR count). The molecular weight excluding hydrogens is 368 g/mol. The summed E-state index contributed by atoms with van der Waals surface area (Å²) in [6, 6.07) is 0. The number of alkyl halides is 1. The fourth-order valence-corrected chi connectivity index (χ4v) is 1.27. The van der Waals surface area contributed by atoms with Crippen molar-refractivity contribution in [2.45, 2.75) is 33.0 Å². The first-order valence-corrected chi connectivity index (χ1v) is 7.30. The average molecular weight is 396 g/mol. The van der Waals surface area contributed by atoms with E-state index in [1.807, 2.05) is 6.92 Å². The Morgan fingerprint density at radius 3 is 2.32 bits per heavy atom. The molecule has 2 unspecified atom stereocenters. The summed E-state index contributed by atoms with van der Waals surface area (Å²) in [5.41, 5.74) is 7.06. The van der Waals surface area contributed by atoms with Gasteiger partial charge in [-0.1, -0.05) is 13.8 Å². The second-order valence-corrected chi connectivity index (χ2v) is 5.07. The van der Waals surface area contributed by atoms with Gasteiger partial charge in [-0.05, 0) is 6.92 Å². The fraction of sp³-hybridized carbons (Fsp3) is 0.929. The van der Waals surface area contributed by atoms with Gasteiger partial charge in [-0.3, -0.25) is 4.79 Å². The molecule has 22 heavy (non-hydrogen) atoms. The average Bonchev–Trinajstić information content (AvgIpc) is 2.46. The predicted molar refractivity (Wildman–Crippen MR) is 79.0 cm³/mol. The largest absolute Gasteiger partial charge is 0.675 e. The van der Waals surface area contributed by atoms with Crippen LogP contribution < -0.4 is 5.32 Å². The predicted octanol–water partition coefficient (Wildman–Crippen LogP) is 1.58. The SMILES string of the molecule is CC(C[NH-])OCCOCCOCC(F)CNC(=O)C(C)C.[Y]. The van der Waals surface area contributed by atoms with Crippen molar-refractivity contribution in [3.05, 3.63) is 5.73 Å². The molecule has 0 aromatic carbocycles. The first-order chi connectivity index (χ1) is 9.97. The van der Waals surface area contributed by atoms with Crippen LogP contribution in [0.5, 0.6) is 0 Å². The van der Waals surface area contributed by atoms with Crippen LogP contribution in [0.1, 0.15) is 20.8 Å². The maximum absolute atomic E-state index is 13.4. The van der Waals surface area contributed by atoms with E-state index in [1.54, 1.807) is 13.8 Å². The van der Waals surface area contributed by atoms with Crippen LogP contribution in [0.3, 0.4) is 0 Å². The van der Waals surface area contributed by atoms with Gasteiger partial charge in [0.2, 0.25) is 5.91 Å². The van der Waals surface area contributed by atoms with Gasteiger partial charge in [0.25, 0.3) is 0 Å². The fourth-order valence-electron chi connectivity index (χ4n) is 1.27. The number of carbonyl (C=O) groups excluding carboxylic acids is 1. The second kappa shape index (κ2) is 16.2. The standard InChI is InChI=1S/C14H28FN2O4.Y/c1-11(2)14(18)17-9-13(15)10-20-5-4-19-6-7-21-12(3)8-16;/h11-13,16H,4-10H2,1-3H3,(H,17,18);/q-1;. The zero-order valence-corrected chi connectivity index (χ0v) is 16.6. The van der Waals surface area contributed by atoms with Crippen molar-refractivity contribution < 1.29 is 56.1 Å². The zero-order chi connectivity index (χ0) is 16.1. The number of rotatable bonds is 13. The number of hydrogen-bond donors (Lipinski definition) is 1. The zero-order valence-electron chi connectivity index (χ0n) is 13.8. The molecule has 0 aliphatic carbocycles. The van der Waals surface area contributed by atoms with Gasteiger partial charge in [-0.15, -0.1) is 6.54 Å². The van der Waals surface area contributed by atoms with Crippen molar-refractivity contribution in [2.24, 2.45) is 5.92 Å². The Morgan fingerprint density at radius 1 is 1.14 bits per heavy atom. The van der Waals surface area contributed by atoms with E-state index >= 15 is 0 Å². The molecule has 1 radical (unpaired) electrons. The van der Waals surface area contributed by atoms with Gasteiger partial charge >= 0.3 is 0 Å². The number of halogens is 1. The third-order valence-electron chi connectivity index (χ3n) is 2.61. The summed E-state index contributed by atoms with van der Waals surface area (Å²) >= 11 is 0. The molecule has 2 atom stereocenters. The van der Waals surface area contributed by atoms with E-state index in [1.165, 1.54) is 0 Å². The van der Waals surface area contributed by atoms with Gasteiger partial charge in [-0.25, -0.2) is 4.39 Å². The van der Waals surface area contributed by atoms with E-state index in [9.17, 15) is 9.18 Å². The van der Waals surface area contributed by atoms with Gasteiger partial charge in [0.1, 0.15) is 6.17 Å². The summed E-state index contributed by atoms with van der Waals surface area (Å²) in [6.07, 6.45) is -1.30. The molecule has 1 amide bonds. The van der Waals surface area contributed by atoms with Crippen LogP contribution in [0, 0.1) is 5.92 Å². The molecule has 0 bridgehead atoms. The molecule has 6 nitrogen and oxygen atoms in total. The molecule has 0 saturated heterocycles. The Labute approximate surface area is 157 Å². The Hall–Kier alpha value is 0.344. The smallest absolute Gasteiger partial charge is 0.222 e. The molecule has 8 heteroatoms. The third-order valence-corrected chi connectivity index (χ3v) is 2.61. The van der Waals surface area contributed by atoms with Crippen molar-refractivity contribution >= 4 is 5.91 Å². The van der Waals surface area contributed by atoms with Crippen LogP contribution in [-0.2, 0) is 51.7 Å². The molecule has 2 N–H and O–H groups in total. The minimum atomic E-state index is -1.21. The van der Waals surface area contributed by atoms with Gasteiger partial charge in [-0.2, -0.15) is 0 Å². The van der Waals surface area contributed by atoms with E-state index in [0.29, 0.717) is 26.4 Å². The molecule has 0 fully saturated rings. The van der Waals surface area contributed by atoms with Gasteiger partial charge in [0.05, 0.1) is 39.6 Å². The first-order valence-electron chi connectivity index (χ1n) is 7.30. The minimum absolute atomic E-state index is 0. The molecule has 0 saturated carbocycles. The number of ether oxygens (including phenoxy) is 3.